The summed E-state index contributed by atoms with van der Waals surface area (Å²) in [5.41, 5.74) is 0. The molecule has 5 heteroatoms. The molecule has 0 spiro atoms. The van der Waals surface area contributed by atoms with Crippen LogP contribution < -0.4 is 4.72 Å². The summed E-state index contributed by atoms with van der Waals surface area (Å²) in [6, 6.07) is 0.305. The lowest BCUT2D eigenvalue weighted by atomic mass is 9.97. The highest BCUT2D eigenvalue weighted by Crippen LogP contribution is 2.22. The van der Waals surface area contributed by atoms with E-state index in [1.807, 2.05) is 6.92 Å². The second-order valence-corrected chi connectivity index (χ2v) is 7.78. The normalized spacial score (nSPS) is 28.8. The molecule has 0 radical (unpaired) electrons. The standard InChI is InChI=1S/C14H28N2O2S/c1-13-9-7-8-12-16(13)19(17,18)15-14-10-5-3-2-4-6-11-14/h13-15H,2-12H2,1H3/t13-/m0/s1. The topological polar surface area (TPSA) is 49.4 Å². The minimum atomic E-state index is -3.28. The molecule has 19 heavy (non-hydrogen) atoms. The highest BCUT2D eigenvalue weighted by molar-refractivity contribution is 7.87. The Hall–Kier alpha value is -0.130. The fourth-order valence-electron chi connectivity index (χ4n) is 3.28. The van der Waals surface area contributed by atoms with Crippen molar-refractivity contribution in [1.82, 2.24) is 9.03 Å². The Morgan fingerprint density at radius 3 is 2.11 bits per heavy atom. The number of nitrogens with zero attached hydrogens (tertiary/aromatic N) is 1. The molecule has 0 aromatic heterocycles. The van der Waals surface area contributed by atoms with Crippen molar-refractivity contribution < 1.29 is 8.42 Å². The predicted octanol–water partition coefficient (Wildman–Crippen LogP) is 2.81. The summed E-state index contributed by atoms with van der Waals surface area (Å²) in [5.74, 6) is 0. The summed E-state index contributed by atoms with van der Waals surface area (Å²) >= 11 is 0. The van der Waals surface area contributed by atoms with Crippen LogP contribution in [0.2, 0.25) is 0 Å². The lowest BCUT2D eigenvalue weighted by Crippen LogP contribution is -2.50. The number of hydrogen-bond acceptors (Lipinski definition) is 2. The lowest BCUT2D eigenvalue weighted by Gasteiger charge is -2.34. The van der Waals surface area contributed by atoms with Crippen molar-refractivity contribution in [2.45, 2.75) is 83.2 Å². The van der Waals surface area contributed by atoms with Gasteiger partial charge in [0.15, 0.2) is 0 Å². The van der Waals surface area contributed by atoms with Crippen LogP contribution in [0.4, 0.5) is 0 Å². The van der Waals surface area contributed by atoms with E-state index in [9.17, 15) is 8.42 Å². The monoisotopic (exact) mass is 288 g/mol. The van der Waals surface area contributed by atoms with Gasteiger partial charge >= 0.3 is 0 Å². The Balaban J connectivity index is 1.94. The summed E-state index contributed by atoms with van der Waals surface area (Å²) in [4.78, 5) is 0. The van der Waals surface area contributed by atoms with E-state index in [0.717, 1.165) is 44.9 Å². The summed E-state index contributed by atoms with van der Waals surface area (Å²) < 4.78 is 29.6. The molecule has 1 N–H and O–H groups in total. The molecule has 1 saturated carbocycles. The van der Waals surface area contributed by atoms with E-state index in [4.69, 9.17) is 0 Å². The van der Waals surface area contributed by atoms with E-state index in [-0.39, 0.29) is 12.1 Å². The smallest absolute Gasteiger partial charge is 0.199 e. The van der Waals surface area contributed by atoms with E-state index >= 15 is 0 Å². The maximum Gasteiger partial charge on any atom is 0.279 e. The molecular formula is C14H28N2O2S. The van der Waals surface area contributed by atoms with Crippen LogP contribution in [-0.2, 0) is 10.2 Å². The van der Waals surface area contributed by atoms with Crippen LogP contribution in [0, 0.1) is 0 Å². The van der Waals surface area contributed by atoms with Gasteiger partial charge in [-0.3, -0.25) is 0 Å². The summed E-state index contributed by atoms with van der Waals surface area (Å²) in [6.45, 7) is 2.71. The number of hydrogen-bond donors (Lipinski definition) is 1. The molecule has 0 aromatic rings. The van der Waals surface area contributed by atoms with Gasteiger partial charge in [-0.05, 0) is 32.6 Å². The molecule has 2 aliphatic rings. The fraction of sp³-hybridized carbons (Fsp3) is 1.00. The summed E-state index contributed by atoms with van der Waals surface area (Å²) in [7, 11) is -3.28. The number of piperidine rings is 1. The van der Waals surface area contributed by atoms with E-state index in [1.165, 1.54) is 19.3 Å². The maximum atomic E-state index is 12.5. The predicted molar refractivity (Wildman–Crippen MR) is 78.2 cm³/mol. The van der Waals surface area contributed by atoms with Crippen molar-refractivity contribution in [2.75, 3.05) is 6.54 Å². The first-order chi connectivity index (χ1) is 9.09. The highest BCUT2D eigenvalue weighted by atomic mass is 32.2. The Morgan fingerprint density at radius 2 is 1.47 bits per heavy atom. The summed E-state index contributed by atoms with van der Waals surface area (Å²) in [5, 5.41) is 0. The lowest BCUT2D eigenvalue weighted by molar-refractivity contribution is 0.262. The molecule has 2 fully saturated rings. The van der Waals surface area contributed by atoms with Crippen molar-refractivity contribution in [3.05, 3.63) is 0 Å². The molecule has 1 aliphatic heterocycles. The molecule has 1 heterocycles. The van der Waals surface area contributed by atoms with Gasteiger partial charge in [-0.2, -0.15) is 17.4 Å². The molecule has 1 atom stereocenters. The van der Waals surface area contributed by atoms with Gasteiger partial charge in [0.05, 0.1) is 0 Å². The largest absolute Gasteiger partial charge is 0.279 e. The molecular weight excluding hydrogens is 260 g/mol. The van der Waals surface area contributed by atoms with Crippen molar-refractivity contribution in [2.24, 2.45) is 0 Å². The van der Waals surface area contributed by atoms with Crippen molar-refractivity contribution in [3.63, 3.8) is 0 Å². The molecule has 0 unspecified atom stereocenters. The minimum Gasteiger partial charge on any atom is -0.199 e. The molecule has 0 amide bonds. The van der Waals surface area contributed by atoms with Gasteiger partial charge in [-0.25, -0.2) is 0 Å². The highest BCUT2D eigenvalue weighted by Gasteiger charge is 2.31. The van der Waals surface area contributed by atoms with Crippen molar-refractivity contribution in [1.29, 1.82) is 0 Å². The average Bonchev–Trinajstić information content (AvgIpc) is 2.33. The van der Waals surface area contributed by atoms with Gasteiger partial charge in [0, 0.05) is 18.6 Å². The molecule has 1 aliphatic carbocycles. The van der Waals surface area contributed by atoms with Crippen molar-refractivity contribution in [3.8, 4) is 0 Å². The molecule has 4 nitrogen and oxygen atoms in total. The molecule has 2 rings (SSSR count). The summed E-state index contributed by atoms with van der Waals surface area (Å²) in [6.07, 6.45) is 11.3. The van der Waals surface area contributed by atoms with Gasteiger partial charge in [-0.15, -0.1) is 0 Å². The zero-order chi connectivity index (χ0) is 13.7. The quantitative estimate of drug-likeness (QED) is 0.868. The van der Waals surface area contributed by atoms with Crippen LogP contribution in [0.1, 0.15) is 71.1 Å². The van der Waals surface area contributed by atoms with Crippen LogP contribution in [0.15, 0.2) is 0 Å². The van der Waals surface area contributed by atoms with Crippen molar-refractivity contribution >= 4 is 10.2 Å². The van der Waals surface area contributed by atoms with Gasteiger partial charge in [0.2, 0.25) is 0 Å². The van der Waals surface area contributed by atoms with E-state index in [1.54, 1.807) is 4.31 Å². The first-order valence-electron chi connectivity index (χ1n) is 7.89. The molecule has 1 saturated heterocycles. The number of nitrogens with one attached hydrogen (secondary N) is 1. The second-order valence-electron chi connectivity index (χ2n) is 6.12. The fourth-order valence-corrected chi connectivity index (χ4v) is 5.02. The third kappa shape index (κ3) is 4.43. The average molecular weight is 288 g/mol. The van der Waals surface area contributed by atoms with E-state index < -0.39 is 10.2 Å². The van der Waals surface area contributed by atoms with Crippen LogP contribution in [0.5, 0.6) is 0 Å². The first-order valence-corrected chi connectivity index (χ1v) is 9.33. The Morgan fingerprint density at radius 1 is 0.895 bits per heavy atom. The van der Waals surface area contributed by atoms with E-state index in [2.05, 4.69) is 4.72 Å². The maximum absolute atomic E-state index is 12.5. The van der Waals surface area contributed by atoms with Crippen LogP contribution >= 0.6 is 0 Å². The first kappa shape index (κ1) is 15.3. The third-order valence-corrected chi connectivity index (χ3v) is 6.26. The molecule has 0 aromatic carbocycles. The van der Waals surface area contributed by atoms with Gasteiger partial charge < -0.3 is 0 Å². The Bertz CT molecular complexity index is 362. The molecule has 112 valence electrons. The Kier molecular flexibility index (Phi) is 5.66. The zero-order valence-corrected chi connectivity index (χ0v) is 12.9. The van der Waals surface area contributed by atoms with Crippen LogP contribution in [-0.4, -0.2) is 31.4 Å². The zero-order valence-electron chi connectivity index (χ0n) is 12.1. The van der Waals surface area contributed by atoms with Gasteiger partial charge in [0.1, 0.15) is 0 Å². The van der Waals surface area contributed by atoms with E-state index in [0.29, 0.717) is 6.54 Å². The number of rotatable bonds is 3. The second kappa shape index (κ2) is 7.04. The SMILES string of the molecule is C[C@H]1CCCCN1S(=O)(=O)NC1CCCCCCC1. The minimum absolute atomic E-state index is 0.152. The van der Waals surface area contributed by atoms with Crippen LogP contribution in [0.25, 0.3) is 0 Å². The van der Waals surface area contributed by atoms with Crippen LogP contribution in [0.3, 0.4) is 0 Å². The Labute approximate surface area is 118 Å². The van der Waals surface area contributed by atoms with Gasteiger partial charge in [0.25, 0.3) is 10.2 Å². The van der Waals surface area contributed by atoms with Gasteiger partial charge in [-0.1, -0.05) is 38.5 Å². The third-order valence-electron chi connectivity index (χ3n) is 4.47. The molecule has 0 bridgehead atoms.